The van der Waals surface area contributed by atoms with Crippen LogP contribution in [-0.2, 0) is 16.1 Å². The normalized spacial score (nSPS) is 20.2. The van der Waals surface area contributed by atoms with Crippen LogP contribution in [0.25, 0.3) is 0 Å². The lowest BCUT2D eigenvalue weighted by Crippen LogP contribution is -2.50. The Morgan fingerprint density at radius 3 is 3.00 bits per heavy atom. The topological polar surface area (TPSA) is 86.2 Å². The predicted molar refractivity (Wildman–Crippen MR) is 91.0 cm³/mol. The van der Waals surface area contributed by atoms with Crippen LogP contribution >= 0.6 is 0 Å². The molecule has 3 rings (SSSR count). The van der Waals surface area contributed by atoms with Gasteiger partial charge in [-0.05, 0) is 38.5 Å². The van der Waals surface area contributed by atoms with Gasteiger partial charge in [0.05, 0.1) is 24.9 Å². The van der Waals surface area contributed by atoms with Gasteiger partial charge in [0.1, 0.15) is 17.6 Å². The van der Waals surface area contributed by atoms with E-state index in [1.165, 1.54) is 0 Å². The summed E-state index contributed by atoms with van der Waals surface area (Å²) in [5, 5.41) is 3.02. The molecule has 1 saturated heterocycles. The fourth-order valence-electron chi connectivity index (χ4n) is 2.79. The van der Waals surface area contributed by atoms with Gasteiger partial charge in [-0.15, -0.1) is 0 Å². The molecular weight excluding hydrogens is 320 g/mol. The minimum Gasteiger partial charge on any atom is -0.379 e. The molecule has 2 atom stereocenters. The van der Waals surface area contributed by atoms with Crippen molar-refractivity contribution in [3.8, 4) is 0 Å². The third kappa shape index (κ3) is 4.80. The molecule has 0 bridgehead atoms. The molecule has 0 spiro atoms. The maximum absolute atomic E-state index is 12.5. The molecular formula is C18H22N4O3. The molecule has 2 aromatic heterocycles. The second-order valence-electron chi connectivity index (χ2n) is 6.06. The Morgan fingerprint density at radius 2 is 2.24 bits per heavy atom. The number of carbonyl (C=O) groups is 1. The number of carbonyl (C=O) groups excluding carboxylic acids is 1. The molecule has 2 aromatic rings. The summed E-state index contributed by atoms with van der Waals surface area (Å²) in [4.78, 5) is 25.2. The molecule has 1 amide bonds. The maximum Gasteiger partial charge on any atom is 0.270 e. The smallest absolute Gasteiger partial charge is 0.270 e. The van der Waals surface area contributed by atoms with E-state index in [-0.39, 0.29) is 18.1 Å². The Morgan fingerprint density at radius 1 is 1.36 bits per heavy atom. The number of nitrogens with zero attached hydrogens (tertiary/aromatic N) is 3. The molecule has 0 aliphatic carbocycles. The third-order valence-corrected chi connectivity index (χ3v) is 3.99. The summed E-state index contributed by atoms with van der Waals surface area (Å²) in [6.45, 7) is 5.04. The molecule has 0 unspecified atom stereocenters. The van der Waals surface area contributed by atoms with Gasteiger partial charge < -0.3 is 14.8 Å². The zero-order valence-electron chi connectivity index (χ0n) is 14.4. The Labute approximate surface area is 146 Å². The fraction of sp³-hybridized carbons (Fsp3) is 0.444. The molecule has 132 valence electrons. The fourth-order valence-corrected chi connectivity index (χ4v) is 2.79. The number of rotatable bonds is 5. The highest BCUT2D eigenvalue weighted by atomic mass is 16.5. The largest absolute Gasteiger partial charge is 0.379 e. The summed E-state index contributed by atoms with van der Waals surface area (Å²) < 4.78 is 11.4. The highest BCUT2D eigenvalue weighted by Gasteiger charge is 2.28. The first-order chi connectivity index (χ1) is 12.1. The van der Waals surface area contributed by atoms with E-state index in [4.69, 9.17) is 9.47 Å². The van der Waals surface area contributed by atoms with Gasteiger partial charge in [0.15, 0.2) is 0 Å². The van der Waals surface area contributed by atoms with Crippen LogP contribution in [0.15, 0.2) is 30.5 Å². The summed E-state index contributed by atoms with van der Waals surface area (Å²) in [5.74, 6) is 0.368. The van der Waals surface area contributed by atoms with Crippen LogP contribution in [0.5, 0.6) is 0 Å². The van der Waals surface area contributed by atoms with Gasteiger partial charge in [-0.1, -0.05) is 6.07 Å². The SMILES string of the molecule is Cc1cc(C(=O)N[C@@H]2CCOC[C@H]2OCc2ccccn2)nc(C)n1. The summed E-state index contributed by atoms with van der Waals surface area (Å²) in [5.41, 5.74) is 1.99. The van der Waals surface area contributed by atoms with E-state index in [2.05, 4.69) is 20.3 Å². The first kappa shape index (κ1) is 17.4. The summed E-state index contributed by atoms with van der Waals surface area (Å²) in [7, 11) is 0. The number of aryl methyl sites for hydroxylation is 2. The molecule has 0 aromatic carbocycles. The quantitative estimate of drug-likeness (QED) is 0.888. The number of pyridine rings is 1. The van der Waals surface area contributed by atoms with Gasteiger partial charge in [-0.3, -0.25) is 9.78 Å². The number of amides is 1. The number of aromatic nitrogens is 3. The second-order valence-corrected chi connectivity index (χ2v) is 6.06. The number of hydrogen-bond acceptors (Lipinski definition) is 6. The molecule has 7 heteroatoms. The van der Waals surface area contributed by atoms with Crippen LogP contribution in [0.2, 0.25) is 0 Å². The molecule has 1 N–H and O–H groups in total. The van der Waals surface area contributed by atoms with Crippen molar-refractivity contribution in [1.82, 2.24) is 20.3 Å². The lowest BCUT2D eigenvalue weighted by Gasteiger charge is -2.32. The molecule has 1 aliphatic heterocycles. The van der Waals surface area contributed by atoms with E-state index in [9.17, 15) is 4.79 Å². The van der Waals surface area contributed by atoms with Gasteiger partial charge in [0, 0.05) is 18.5 Å². The zero-order valence-corrected chi connectivity index (χ0v) is 14.4. The Balaban J connectivity index is 1.63. The molecule has 0 saturated carbocycles. The summed E-state index contributed by atoms with van der Waals surface area (Å²) in [6.07, 6.45) is 2.21. The van der Waals surface area contributed by atoms with Gasteiger partial charge in [-0.25, -0.2) is 9.97 Å². The summed E-state index contributed by atoms with van der Waals surface area (Å²) >= 11 is 0. The van der Waals surface area contributed by atoms with Crippen LogP contribution < -0.4 is 5.32 Å². The van der Waals surface area contributed by atoms with E-state index in [0.29, 0.717) is 37.8 Å². The highest BCUT2D eigenvalue weighted by Crippen LogP contribution is 2.14. The average molecular weight is 342 g/mol. The number of nitrogens with one attached hydrogen (secondary N) is 1. The van der Waals surface area contributed by atoms with Crippen molar-refractivity contribution in [3.63, 3.8) is 0 Å². The van der Waals surface area contributed by atoms with Gasteiger partial charge >= 0.3 is 0 Å². The lowest BCUT2D eigenvalue weighted by molar-refractivity contribution is -0.0743. The molecule has 3 heterocycles. The number of ether oxygens (including phenoxy) is 2. The first-order valence-electron chi connectivity index (χ1n) is 8.34. The van der Waals surface area contributed by atoms with Crippen LogP contribution in [0, 0.1) is 13.8 Å². The monoisotopic (exact) mass is 342 g/mol. The van der Waals surface area contributed by atoms with E-state index in [1.807, 2.05) is 25.1 Å². The van der Waals surface area contributed by atoms with Crippen molar-refractivity contribution >= 4 is 5.91 Å². The summed E-state index contributed by atoms with van der Waals surface area (Å²) in [6, 6.07) is 7.25. The predicted octanol–water partition coefficient (Wildman–Crippen LogP) is 1.59. The van der Waals surface area contributed by atoms with Crippen molar-refractivity contribution < 1.29 is 14.3 Å². The standard InChI is InChI=1S/C18H22N4O3/c1-12-9-16(21-13(2)20-12)18(23)22-15-6-8-24-11-17(15)25-10-14-5-3-4-7-19-14/h3-5,7,9,15,17H,6,8,10-11H2,1-2H3,(H,22,23)/t15-,17-/m1/s1. The Hall–Kier alpha value is -2.38. The average Bonchev–Trinajstić information content (AvgIpc) is 2.61. The minimum atomic E-state index is -0.219. The molecule has 1 fully saturated rings. The van der Waals surface area contributed by atoms with Gasteiger partial charge in [-0.2, -0.15) is 0 Å². The van der Waals surface area contributed by atoms with Gasteiger partial charge in [0.25, 0.3) is 5.91 Å². The van der Waals surface area contributed by atoms with Gasteiger partial charge in [0.2, 0.25) is 0 Å². The van der Waals surface area contributed by atoms with Crippen LogP contribution in [-0.4, -0.2) is 46.2 Å². The Kier molecular flexibility index (Phi) is 5.67. The van der Waals surface area contributed by atoms with Crippen molar-refractivity contribution in [3.05, 3.63) is 53.4 Å². The van der Waals surface area contributed by atoms with Crippen molar-refractivity contribution in [2.45, 2.75) is 39.0 Å². The zero-order chi connectivity index (χ0) is 17.6. The van der Waals surface area contributed by atoms with E-state index < -0.39 is 0 Å². The third-order valence-electron chi connectivity index (χ3n) is 3.99. The van der Waals surface area contributed by atoms with Crippen molar-refractivity contribution in [1.29, 1.82) is 0 Å². The lowest BCUT2D eigenvalue weighted by atomic mass is 10.1. The van der Waals surface area contributed by atoms with Crippen molar-refractivity contribution in [2.24, 2.45) is 0 Å². The van der Waals surface area contributed by atoms with E-state index in [0.717, 1.165) is 11.4 Å². The van der Waals surface area contributed by atoms with Crippen LogP contribution in [0.3, 0.4) is 0 Å². The Bertz CT molecular complexity index is 703. The number of hydrogen-bond donors (Lipinski definition) is 1. The van der Waals surface area contributed by atoms with E-state index in [1.54, 1.807) is 19.2 Å². The second kappa shape index (κ2) is 8.13. The first-order valence-corrected chi connectivity index (χ1v) is 8.34. The molecule has 1 aliphatic rings. The van der Waals surface area contributed by atoms with Crippen LogP contribution in [0.4, 0.5) is 0 Å². The van der Waals surface area contributed by atoms with Crippen LogP contribution in [0.1, 0.15) is 34.1 Å². The highest BCUT2D eigenvalue weighted by molar-refractivity contribution is 5.92. The minimum absolute atomic E-state index is 0.125. The molecule has 25 heavy (non-hydrogen) atoms. The van der Waals surface area contributed by atoms with Crippen molar-refractivity contribution in [2.75, 3.05) is 13.2 Å². The molecule has 0 radical (unpaired) electrons. The maximum atomic E-state index is 12.5. The van der Waals surface area contributed by atoms with E-state index >= 15 is 0 Å². The molecule has 7 nitrogen and oxygen atoms in total.